The number of amides is 1. The van der Waals surface area contributed by atoms with Crippen LogP contribution in [0.2, 0.25) is 0 Å². The maximum atomic E-state index is 11.6. The lowest BCUT2D eigenvalue weighted by Gasteiger charge is -2.12. The number of carbonyl (C=O) groups excluding carboxylic acids is 1. The third kappa shape index (κ3) is 6.45. The average molecular weight is 287 g/mol. The molecule has 1 aromatic rings. The van der Waals surface area contributed by atoms with Crippen LogP contribution in [0.5, 0.6) is 5.75 Å². The topological polar surface area (TPSA) is 50.4 Å². The molecule has 0 saturated heterocycles. The molecule has 2 N–H and O–H groups in total. The van der Waals surface area contributed by atoms with Crippen LogP contribution in [0.4, 0.5) is 0 Å². The second-order valence-electron chi connectivity index (χ2n) is 4.36. The number of nitrogens with one attached hydrogen (secondary N) is 2. The fourth-order valence-electron chi connectivity index (χ4n) is 1.63. The average Bonchev–Trinajstić information content (AvgIpc) is 2.36. The first-order valence-electron chi connectivity index (χ1n) is 6.26. The third-order valence-corrected chi connectivity index (χ3v) is 2.71. The van der Waals surface area contributed by atoms with E-state index >= 15 is 0 Å². The Labute approximate surface area is 121 Å². The van der Waals surface area contributed by atoms with Gasteiger partial charge in [-0.1, -0.05) is 25.1 Å². The molecule has 0 heterocycles. The lowest BCUT2D eigenvalue weighted by molar-refractivity contribution is -0.124. The van der Waals surface area contributed by atoms with Crippen molar-refractivity contribution in [2.24, 2.45) is 5.92 Å². The summed E-state index contributed by atoms with van der Waals surface area (Å²) < 4.78 is 5.60. The van der Waals surface area contributed by atoms with Gasteiger partial charge in [-0.05, 0) is 25.6 Å². The van der Waals surface area contributed by atoms with Crippen molar-refractivity contribution in [3.8, 4) is 5.75 Å². The largest absolute Gasteiger partial charge is 0.491 e. The Balaban J connectivity index is 0.00000324. The third-order valence-electron chi connectivity index (χ3n) is 2.71. The molecule has 0 aromatic heterocycles. The summed E-state index contributed by atoms with van der Waals surface area (Å²) in [4.78, 5) is 11.6. The summed E-state index contributed by atoms with van der Waals surface area (Å²) in [5.41, 5.74) is 1.10. The van der Waals surface area contributed by atoms with E-state index in [9.17, 15) is 4.79 Å². The molecule has 1 aromatic carbocycles. The zero-order chi connectivity index (χ0) is 13.4. The van der Waals surface area contributed by atoms with E-state index in [-0.39, 0.29) is 24.2 Å². The summed E-state index contributed by atoms with van der Waals surface area (Å²) in [7, 11) is 1.84. The minimum absolute atomic E-state index is 0. The fourth-order valence-corrected chi connectivity index (χ4v) is 1.63. The zero-order valence-electron chi connectivity index (χ0n) is 11.7. The highest BCUT2D eigenvalue weighted by Crippen LogP contribution is 2.15. The summed E-state index contributed by atoms with van der Waals surface area (Å²) in [6.45, 7) is 5.60. The van der Waals surface area contributed by atoms with Gasteiger partial charge in [0.1, 0.15) is 12.4 Å². The molecule has 0 radical (unpaired) electrons. The summed E-state index contributed by atoms with van der Waals surface area (Å²) in [5, 5.41) is 5.83. The van der Waals surface area contributed by atoms with Gasteiger partial charge < -0.3 is 15.4 Å². The van der Waals surface area contributed by atoms with Crippen molar-refractivity contribution in [1.82, 2.24) is 10.6 Å². The number of aryl methyl sites for hydroxylation is 1. The van der Waals surface area contributed by atoms with Crippen molar-refractivity contribution >= 4 is 18.3 Å². The van der Waals surface area contributed by atoms with Crippen LogP contribution in [0.1, 0.15) is 12.5 Å². The Hall–Kier alpha value is -1.26. The van der Waals surface area contributed by atoms with Crippen LogP contribution in [0.3, 0.4) is 0 Å². The molecule has 1 unspecified atom stereocenters. The number of rotatable bonds is 7. The number of hydrogen-bond acceptors (Lipinski definition) is 3. The Morgan fingerprint density at radius 1 is 1.37 bits per heavy atom. The first-order chi connectivity index (χ1) is 8.65. The van der Waals surface area contributed by atoms with Crippen molar-refractivity contribution in [3.63, 3.8) is 0 Å². The van der Waals surface area contributed by atoms with Gasteiger partial charge in [0.05, 0.1) is 6.54 Å². The standard InChI is InChI=1S/C14H22N2O2.ClH/c1-11-6-4-5-7-13(11)18-9-8-16-14(17)12(2)10-15-3;/h4-7,12,15H,8-10H2,1-3H3,(H,16,17);1H. The van der Waals surface area contributed by atoms with Gasteiger partial charge in [0, 0.05) is 12.5 Å². The molecule has 5 heteroatoms. The van der Waals surface area contributed by atoms with Gasteiger partial charge in [-0.2, -0.15) is 0 Å². The van der Waals surface area contributed by atoms with Gasteiger partial charge in [0.25, 0.3) is 0 Å². The van der Waals surface area contributed by atoms with E-state index in [0.717, 1.165) is 11.3 Å². The smallest absolute Gasteiger partial charge is 0.224 e. The second kappa shape index (κ2) is 9.64. The van der Waals surface area contributed by atoms with Crippen LogP contribution < -0.4 is 15.4 Å². The molecule has 0 saturated carbocycles. The summed E-state index contributed by atoms with van der Waals surface area (Å²) in [6, 6.07) is 7.85. The lowest BCUT2D eigenvalue weighted by Crippen LogP contribution is -2.36. The van der Waals surface area contributed by atoms with Gasteiger partial charge >= 0.3 is 0 Å². The van der Waals surface area contributed by atoms with E-state index in [1.165, 1.54) is 0 Å². The molecule has 0 aliphatic heterocycles. The predicted octanol–water partition coefficient (Wildman–Crippen LogP) is 1.77. The summed E-state index contributed by atoms with van der Waals surface area (Å²) in [6.07, 6.45) is 0. The first kappa shape index (κ1) is 17.7. The van der Waals surface area contributed by atoms with Gasteiger partial charge in [-0.15, -0.1) is 12.4 Å². The van der Waals surface area contributed by atoms with Crippen LogP contribution in [-0.2, 0) is 4.79 Å². The molecule has 0 aliphatic rings. The quantitative estimate of drug-likeness (QED) is 0.751. The van der Waals surface area contributed by atoms with Crippen LogP contribution in [0.25, 0.3) is 0 Å². The lowest BCUT2D eigenvalue weighted by atomic mass is 10.1. The van der Waals surface area contributed by atoms with Crippen molar-refractivity contribution in [3.05, 3.63) is 29.8 Å². The highest BCUT2D eigenvalue weighted by Gasteiger charge is 2.10. The van der Waals surface area contributed by atoms with Crippen molar-refractivity contribution in [1.29, 1.82) is 0 Å². The molecule has 1 atom stereocenters. The van der Waals surface area contributed by atoms with E-state index in [4.69, 9.17) is 4.74 Å². The maximum Gasteiger partial charge on any atom is 0.224 e. The van der Waals surface area contributed by atoms with Crippen LogP contribution >= 0.6 is 12.4 Å². The molecule has 19 heavy (non-hydrogen) atoms. The molecule has 108 valence electrons. The van der Waals surface area contributed by atoms with E-state index in [1.54, 1.807) is 0 Å². The van der Waals surface area contributed by atoms with E-state index in [0.29, 0.717) is 19.7 Å². The highest BCUT2D eigenvalue weighted by molar-refractivity contribution is 5.85. The molecular weight excluding hydrogens is 264 g/mol. The Morgan fingerprint density at radius 3 is 2.68 bits per heavy atom. The molecule has 0 aliphatic carbocycles. The molecule has 4 nitrogen and oxygen atoms in total. The molecule has 1 amide bonds. The van der Waals surface area contributed by atoms with E-state index < -0.39 is 0 Å². The Morgan fingerprint density at radius 2 is 2.05 bits per heavy atom. The number of benzene rings is 1. The van der Waals surface area contributed by atoms with Crippen molar-refractivity contribution < 1.29 is 9.53 Å². The maximum absolute atomic E-state index is 11.6. The number of halogens is 1. The SMILES string of the molecule is CNCC(C)C(=O)NCCOc1ccccc1C.Cl. The number of hydrogen-bond donors (Lipinski definition) is 2. The van der Waals surface area contributed by atoms with E-state index in [2.05, 4.69) is 10.6 Å². The van der Waals surface area contributed by atoms with Crippen LogP contribution in [0, 0.1) is 12.8 Å². The predicted molar refractivity (Wildman–Crippen MR) is 80.0 cm³/mol. The molecule has 0 spiro atoms. The monoisotopic (exact) mass is 286 g/mol. The zero-order valence-corrected chi connectivity index (χ0v) is 12.5. The normalized spacial score (nSPS) is 11.3. The molecule has 1 rings (SSSR count). The number of carbonyl (C=O) groups is 1. The summed E-state index contributed by atoms with van der Waals surface area (Å²) in [5.74, 6) is 0.904. The Bertz CT molecular complexity index is 385. The number of para-hydroxylation sites is 1. The van der Waals surface area contributed by atoms with Crippen molar-refractivity contribution in [2.75, 3.05) is 26.7 Å². The minimum atomic E-state index is -0.0199. The van der Waals surface area contributed by atoms with Crippen LogP contribution in [0.15, 0.2) is 24.3 Å². The second-order valence-corrected chi connectivity index (χ2v) is 4.36. The fraction of sp³-hybridized carbons (Fsp3) is 0.500. The van der Waals surface area contributed by atoms with Gasteiger partial charge in [0.2, 0.25) is 5.91 Å². The first-order valence-corrected chi connectivity index (χ1v) is 6.26. The van der Waals surface area contributed by atoms with Gasteiger partial charge in [-0.3, -0.25) is 4.79 Å². The molecule has 0 fully saturated rings. The van der Waals surface area contributed by atoms with Crippen LogP contribution in [-0.4, -0.2) is 32.7 Å². The molecular formula is C14H23ClN2O2. The minimum Gasteiger partial charge on any atom is -0.491 e. The van der Waals surface area contributed by atoms with Gasteiger partial charge in [0.15, 0.2) is 0 Å². The van der Waals surface area contributed by atoms with E-state index in [1.807, 2.05) is 45.2 Å². The number of ether oxygens (including phenoxy) is 1. The van der Waals surface area contributed by atoms with Crippen molar-refractivity contribution in [2.45, 2.75) is 13.8 Å². The van der Waals surface area contributed by atoms with Gasteiger partial charge in [-0.25, -0.2) is 0 Å². The molecule has 0 bridgehead atoms. The summed E-state index contributed by atoms with van der Waals surface area (Å²) >= 11 is 0. The Kier molecular flexibility index (Phi) is 9.00. The highest BCUT2D eigenvalue weighted by atomic mass is 35.5.